The normalized spacial score (nSPS) is 21.6. The minimum atomic E-state index is -3.03. The maximum absolute atomic E-state index is 11.8. The number of sulfone groups is 1. The minimum Gasteiger partial charge on any atom is -0.336 e. The first kappa shape index (κ1) is 13.1. The number of aryl methyl sites for hydroxylation is 1. The molecule has 0 radical (unpaired) electrons. The molecular formula is C11H14N4O4S. The summed E-state index contributed by atoms with van der Waals surface area (Å²) in [6.07, 6.45) is 0.483. The fraction of sp³-hybridized carbons (Fsp3) is 0.545. The van der Waals surface area contributed by atoms with E-state index < -0.39 is 21.1 Å². The molecule has 1 fully saturated rings. The third-order valence-electron chi connectivity index (χ3n) is 3.59. The van der Waals surface area contributed by atoms with E-state index in [9.17, 15) is 18.0 Å². The molecule has 2 aromatic rings. The van der Waals surface area contributed by atoms with Crippen molar-refractivity contribution in [1.29, 1.82) is 0 Å². The summed E-state index contributed by atoms with van der Waals surface area (Å²) in [5.74, 6) is 0.374. The van der Waals surface area contributed by atoms with Gasteiger partial charge >= 0.3 is 5.69 Å². The van der Waals surface area contributed by atoms with Crippen LogP contribution < -0.4 is 11.2 Å². The van der Waals surface area contributed by atoms with Crippen LogP contribution in [0, 0.1) is 0 Å². The molecule has 108 valence electrons. The topological polar surface area (TPSA) is 118 Å². The molecule has 0 aliphatic carbocycles. The SMILES string of the molecule is CCn1c(=O)[nH]c(=O)c2[nH]c(C3CCS(=O)(=O)C3)nc21. The van der Waals surface area contributed by atoms with E-state index >= 15 is 0 Å². The summed E-state index contributed by atoms with van der Waals surface area (Å²) in [6.45, 7) is 2.15. The highest BCUT2D eigenvalue weighted by molar-refractivity contribution is 7.91. The maximum atomic E-state index is 11.8. The first-order chi connectivity index (χ1) is 9.41. The van der Waals surface area contributed by atoms with Crippen molar-refractivity contribution in [3.63, 3.8) is 0 Å². The zero-order chi connectivity index (χ0) is 14.5. The van der Waals surface area contributed by atoms with Crippen molar-refractivity contribution in [3.8, 4) is 0 Å². The van der Waals surface area contributed by atoms with Crippen LogP contribution in [-0.4, -0.2) is 39.4 Å². The number of fused-ring (bicyclic) bond motifs is 1. The Bertz CT molecular complexity index is 889. The maximum Gasteiger partial charge on any atom is 0.330 e. The van der Waals surface area contributed by atoms with Crippen molar-refractivity contribution in [2.75, 3.05) is 11.5 Å². The Hall–Kier alpha value is -1.90. The van der Waals surface area contributed by atoms with Crippen LogP contribution in [0.2, 0.25) is 0 Å². The van der Waals surface area contributed by atoms with Crippen LogP contribution in [-0.2, 0) is 16.4 Å². The first-order valence-corrected chi connectivity index (χ1v) is 8.16. The summed E-state index contributed by atoms with van der Waals surface area (Å²) >= 11 is 0. The van der Waals surface area contributed by atoms with E-state index in [1.165, 1.54) is 4.57 Å². The standard InChI is InChI=1S/C11H14N4O4S/c1-2-15-9-7(10(16)14-11(15)17)12-8(13-9)6-3-4-20(18,19)5-6/h6H,2-5H2,1H3,(H,12,13)(H,14,16,17). The Kier molecular flexibility index (Phi) is 2.82. The van der Waals surface area contributed by atoms with Gasteiger partial charge in [-0.05, 0) is 13.3 Å². The highest BCUT2D eigenvalue weighted by Gasteiger charge is 2.31. The van der Waals surface area contributed by atoms with E-state index in [1.807, 2.05) is 0 Å². The Labute approximate surface area is 113 Å². The van der Waals surface area contributed by atoms with Gasteiger partial charge in [0.1, 0.15) is 11.3 Å². The second-order valence-corrected chi connectivity index (χ2v) is 7.15. The third kappa shape index (κ3) is 1.98. The number of aromatic amines is 2. The fourth-order valence-corrected chi connectivity index (χ4v) is 4.30. The Morgan fingerprint density at radius 3 is 2.70 bits per heavy atom. The van der Waals surface area contributed by atoms with E-state index in [0.29, 0.717) is 18.8 Å². The number of hydrogen-bond donors (Lipinski definition) is 2. The lowest BCUT2D eigenvalue weighted by atomic mass is 10.1. The molecule has 20 heavy (non-hydrogen) atoms. The summed E-state index contributed by atoms with van der Waals surface area (Å²) in [7, 11) is -3.03. The summed E-state index contributed by atoms with van der Waals surface area (Å²) in [4.78, 5) is 32.8. The summed E-state index contributed by atoms with van der Waals surface area (Å²) in [5.41, 5.74) is -0.553. The molecule has 0 amide bonds. The molecule has 3 rings (SSSR count). The van der Waals surface area contributed by atoms with Gasteiger partial charge in [0.25, 0.3) is 5.56 Å². The van der Waals surface area contributed by atoms with Gasteiger partial charge in [-0.3, -0.25) is 14.3 Å². The van der Waals surface area contributed by atoms with Crippen LogP contribution in [0.25, 0.3) is 11.2 Å². The van der Waals surface area contributed by atoms with Gasteiger partial charge in [-0.25, -0.2) is 18.2 Å². The second kappa shape index (κ2) is 4.30. The molecule has 0 saturated carbocycles. The van der Waals surface area contributed by atoms with Gasteiger partial charge in [0.2, 0.25) is 0 Å². The molecular weight excluding hydrogens is 284 g/mol. The molecule has 0 spiro atoms. The molecule has 8 nitrogen and oxygen atoms in total. The van der Waals surface area contributed by atoms with E-state index in [1.54, 1.807) is 6.92 Å². The highest BCUT2D eigenvalue weighted by atomic mass is 32.2. The number of nitrogens with one attached hydrogen (secondary N) is 2. The first-order valence-electron chi connectivity index (χ1n) is 6.34. The van der Waals surface area contributed by atoms with E-state index in [0.717, 1.165) is 0 Å². The predicted molar refractivity (Wildman–Crippen MR) is 72.7 cm³/mol. The second-order valence-electron chi connectivity index (χ2n) is 4.92. The van der Waals surface area contributed by atoms with Crippen LogP contribution in [0.3, 0.4) is 0 Å². The zero-order valence-corrected chi connectivity index (χ0v) is 11.7. The minimum absolute atomic E-state index is 0.0289. The molecule has 9 heteroatoms. The van der Waals surface area contributed by atoms with Gasteiger partial charge in [0.15, 0.2) is 15.5 Å². The lowest BCUT2D eigenvalue weighted by molar-refractivity contribution is 0.601. The Morgan fingerprint density at radius 2 is 2.10 bits per heavy atom. The van der Waals surface area contributed by atoms with Crippen LogP contribution in [0.5, 0.6) is 0 Å². The lowest BCUT2D eigenvalue weighted by Crippen LogP contribution is -2.29. The van der Waals surface area contributed by atoms with Gasteiger partial charge in [-0.15, -0.1) is 0 Å². The number of H-pyrrole nitrogens is 2. The van der Waals surface area contributed by atoms with E-state index in [2.05, 4.69) is 15.0 Å². The molecule has 1 saturated heterocycles. The highest BCUT2D eigenvalue weighted by Crippen LogP contribution is 2.27. The molecule has 2 aromatic heterocycles. The Balaban J connectivity index is 2.19. The lowest BCUT2D eigenvalue weighted by Gasteiger charge is -2.01. The number of hydrogen-bond acceptors (Lipinski definition) is 5. The van der Waals surface area contributed by atoms with Crippen molar-refractivity contribution in [2.45, 2.75) is 25.8 Å². The van der Waals surface area contributed by atoms with Crippen LogP contribution in [0.15, 0.2) is 9.59 Å². The molecule has 1 unspecified atom stereocenters. The van der Waals surface area contributed by atoms with Gasteiger partial charge < -0.3 is 4.98 Å². The third-order valence-corrected chi connectivity index (χ3v) is 5.35. The van der Waals surface area contributed by atoms with Crippen LogP contribution >= 0.6 is 0 Å². The quantitative estimate of drug-likeness (QED) is 0.762. The van der Waals surface area contributed by atoms with Gasteiger partial charge in [0, 0.05) is 12.5 Å². The molecule has 1 atom stereocenters. The predicted octanol–water partition coefficient (Wildman–Crippen LogP) is -0.665. The largest absolute Gasteiger partial charge is 0.336 e. The summed E-state index contributed by atoms with van der Waals surface area (Å²) < 4.78 is 24.4. The van der Waals surface area contributed by atoms with E-state index in [-0.39, 0.29) is 28.6 Å². The molecule has 3 heterocycles. The number of nitrogens with zero attached hydrogens (tertiary/aromatic N) is 2. The molecule has 2 N–H and O–H groups in total. The van der Waals surface area contributed by atoms with Gasteiger partial charge in [-0.1, -0.05) is 0 Å². The molecule has 0 aromatic carbocycles. The van der Waals surface area contributed by atoms with Crippen molar-refractivity contribution in [1.82, 2.24) is 19.5 Å². The van der Waals surface area contributed by atoms with Crippen LogP contribution in [0.4, 0.5) is 0 Å². The average Bonchev–Trinajstić information content (AvgIpc) is 2.93. The zero-order valence-electron chi connectivity index (χ0n) is 10.8. The van der Waals surface area contributed by atoms with Gasteiger partial charge in [-0.2, -0.15) is 0 Å². The smallest absolute Gasteiger partial charge is 0.330 e. The fourth-order valence-electron chi connectivity index (χ4n) is 2.56. The monoisotopic (exact) mass is 298 g/mol. The van der Waals surface area contributed by atoms with Gasteiger partial charge in [0.05, 0.1) is 11.5 Å². The summed E-state index contributed by atoms with van der Waals surface area (Å²) in [6, 6.07) is 0. The van der Waals surface area contributed by atoms with E-state index in [4.69, 9.17) is 0 Å². The van der Waals surface area contributed by atoms with Crippen LogP contribution in [0.1, 0.15) is 25.1 Å². The van der Waals surface area contributed by atoms with Crippen molar-refractivity contribution in [3.05, 3.63) is 26.7 Å². The number of imidazole rings is 1. The molecule has 1 aliphatic heterocycles. The van der Waals surface area contributed by atoms with Crippen molar-refractivity contribution in [2.24, 2.45) is 0 Å². The van der Waals surface area contributed by atoms with Crippen molar-refractivity contribution >= 4 is 21.0 Å². The Morgan fingerprint density at radius 1 is 1.35 bits per heavy atom. The average molecular weight is 298 g/mol. The molecule has 1 aliphatic rings. The number of aromatic nitrogens is 4. The number of rotatable bonds is 2. The van der Waals surface area contributed by atoms with Crippen molar-refractivity contribution < 1.29 is 8.42 Å². The molecule has 0 bridgehead atoms. The summed E-state index contributed by atoms with van der Waals surface area (Å²) in [5, 5.41) is 0.